The van der Waals surface area contributed by atoms with Crippen LogP contribution in [-0.4, -0.2) is 37.1 Å². The van der Waals surface area contributed by atoms with Gasteiger partial charge in [0.25, 0.3) is 0 Å². The van der Waals surface area contributed by atoms with Crippen LogP contribution in [0.1, 0.15) is 19.3 Å². The van der Waals surface area contributed by atoms with Crippen molar-refractivity contribution in [1.29, 1.82) is 0 Å². The van der Waals surface area contributed by atoms with Gasteiger partial charge in [0.1, 0.15) is 5.82 Å². The highest BCUT2D eigenvalue weighted by Gasteiger charge is 2.19. The molecule has 164 valence electrons. The van der Waals surface area contributed by atoms with E-state index < -0.39 is 11.0 Å². The largest absolute Gasteiger partial charge is 0.434 e. The van der Waals surface area contributed by atoms with Gasteiger partial charge in [0, 0.05) is 36.6 Å². The van der Waals surface area contributed by atoms with Gasteiger partial charge in [0.2, 0.25) is 11.8 Å². The predicted molar refractivity (Wildman–Crippen MR) is 121 cm³/mol. The lowest BCUT2D eigenvalue weighted by atomic mass is 10.1. The topological polar surface area (TPSA) is 133 Å². The molecule has 1 aromatic carbocycles. The molecule has 1 saturated heterocycles. The van der Waals surface area contributed by atoms with Gasteiger partial charge in [-0.05, 0) is 61.4 Å². The molecule has 1 unspecified atom stereocenters. The molecule has 4 aromatic rings. The molecule has 3 N–H and O–H groups in total. The summed E-state index contributed by atoms with van der Waals surface area (Å²) in [6.07, 6.45) is 5.77. The van der Waals surface area contributed by atoms with E-state index in [0.29, 0.717) is 39.8 Å². The first-order valence-electron chi connectivity index (χ1n) is 9.94. The lowest BCUT2D eigenvalue weighted by molar-refractivity contribution is -0.119. The number of piperidine rings is 1. The number of hydrogen-bond acceptors (Lipinski definition) is 6. The monoisotopic (exact) mass is 451 g/mol. The third-order valence-electron chi connectivity index (χ3n) is 5.05. The Morgan fingerprint density at radius 3 is 2.66 bits per heavy atom. The lowest BCUT2D eigenvalue weighted by Gasteiger charge is -2.26. The van der Waals surface area contributed by atoms with Crippen LogP contribution in [0.5, 0.6) is 0 Å². The predicted octanol–water partition coefficient (Wildman–Crippen LogP) is 3.11. The minimum Gasteiger partial charge on any atom is -0.434 e. The van der Waals surface area contributed by atoms with Crippen molar-refractivity contribution in [1.82, 2.24) is 15.0 Å². The number of fused-ring (bicyclic) bond motifs is 1. The number of rotatable bonds is 5. The van der Waals surface area contributed by atoms with Crippen molar-refractivity contribution in [3.05, 3.63) is 60.9 Å². The fraction of sp³-hybridized carbons (Fsp3) is 0.182. The Morgan fingerprint density at radius 2 is 1.88 bits per heavy atom. The van der Waals surface area contributed by atoms with Crippen molar-refractivity contribution in [2.24, 2.45) is 0 Å². The number of carbonyl (C=O) groups is 1. The molecule has 32 heavy (non-hydrogen) atoms. The van der Waals surface area contributed by atoms with Gasteiger partial charge in [0.15, 0.2) is 22.2 Å². The first-order chi connectivity index (χ1) is 15.2. The molecule has 1 aliphatic heterocycles. The van der Waals surface area contributed by atoms with Crippen LogP contribution in [0.15, 0.2) is 70.2 Å². The van der Waals surface area contributed by atoms with Crippen LogP contribution < -0.4 is 9.62 Å². The molecule has 3 aromatic heterocycles. The van der Waals surface area contributed by atoms with Crippen molar-refractivity contribution in [2.45, 2.75) is 24.2 Å². The third kappa shape index (κ3) is 4.36. The number of nitrogens with one attached hydrogen (secondary N) is 1. The molecule has 1 aliphatic rings. The number of carbonyl (C=O) groups excluding carboxylic acids is 1. The summed E-state index contributed by atoms with van der Waals surface area (Å²) in [6.45, 7) is 0.724. The molecule has 1 atom stereocenters. The summed E-state index contributed by atoms with van der Waals surface area (Å²) in [5.41, 5.74) is 2.65. The Hall–Kier alpha value is -3.63. The Bertz CT molecular complexity index is 1240. The minimum absolute atomic E-state index is 0. The summed E-state index contributed by atoms with van der Waals surface area (Å²) in [7, 11) is -1.52. The van der Waals surface area contributed by atoms with Crippen LogP contribution in [0, 0.1) is 0 Å². The number of benzene rings is 1. The lowest BCUT2D eigenvalue weighted by Crippen LogP contribution is -2.35. The number of hydrogen-bond donors (Lipinski definition) is 1. The molecular formula is C22H21N5O4S. The Balaban J connectivity index is 0.00000245. The van der Waals surface area contributed by atoms with E-state index >= 15 is 0 Å². The zero-order valence-electron chi connectivity index (χ0n) is 17.0. The highest BCUT2D eigenvalue weighted by molar-refractivity contribution is 7.86. The number of pyridine rings is 2. The third-order valence-corrected chi connectivity index (χ3v) is 6.15. The Labute approximate surface area is 186 Å². The molecule has 1 fully saturated rings. The zero-order valence-corrected chi connectivity index (χ0v) is 17.8. The van der Waals surface area contributed by atoms with Crippen LogP contribution in [0.4, 0.5) is 11.5 Å². The molecule has 0 bridgehead atoms. The first-order valence-corrected chi connectivity index (χ1v) is 11.1. The average Bonchev–Trinajstić information content (AvgIpc) is 3.24. The second-order valence-electron chi connectivity index (χ2n) is 7.14. The molecule has 1 amide bonds. The second kappa shape index (κ2) is 9.25. The molecule has 0 saturated carbocycles. The van der Waals surface area contributed by atoms with Crippen LogP contribution in [0.3, 0.4) is 0 Å². The van der Waals surface area contributed by atoms with Crippen molar-refractivity contribution < 1.29 is 18.9 Å². The summed E-state index contributed by atoms with van der Waals surface area (Å²) in [5, 5.41) is 0. The SMILES string of the molecule is O.O=C1CCCCN1c1ccc(S(=O)Nc2cc(-c3nc4ncccc4o3)ccn2)cc1. The molecule has 5 rings (SSSR count). The summed E-state index contributed by atoms with van der Waals surface area (Å²) >= 11 is 0. The summed E-state index contributed by atoms with van der Waals surface area (Å²) in [6, 6.07) is 14.3. The summed E-state index contributed by atoms with van der Waals surface area (Å²) < 4.78 is 21.4. The maximum absolute atomic E-state index is 12.8. The number of aromatic nitrogens is 3. The van der Waals surface area contributed by atoms with E-state index in [9.17, 15) is 9.00 Å². The van der Waals surface area contributed by atoms with Gasteiger partial charge in [-0.25, -0.2) is 14.2 Å². The number of oxazole rings is 1. The quantitative estimate of drug-likeness (QED) is 0.496. The van der Waals surface area contributed by atoms with E-state index in [4.69, 9.17) is 4.42 Å². The maximum Gasteiger partial charge on any atom is 0.229 e. The van der Waals surface area contributed by atoms with Crippen molar-refractivity contribution >= 4 is 39.6 Å². The van der Waals surface area contributed by atoms with Crippen LogP contribution in [0.2, 0.25) is 0 Å². The minimum atomic E-state index is -1.52. The van der Waals surface area contributed by atoms with E-state index in [-0.39, 0.29) is 11.4 Å². The molecule has 10 heteroatoms. The highest BCUT2D eigenvalue weighted by Crippen LogP contribution is 2.25. The number of anilines is 2. The van der Waals surface area contributed by atoms with Gasteiger partial charge in [0.05, 0.1) is 4.90 Å². The second-order valence-corrected chi connectivity index (χ2v) is 8.35. The number of nitrogens with zero attached hydrogens (tertiary/aromatic N) is 4. The van der Waals surface area contributed by atoms with Crippen LogP contribution >= 0.6 is 0 Å². The van der Waals surface area contributed by atoms with Gasteiger partial charge in [-0.15, -0.1) is 0 Å². The fourth-order valence-electron chi connectivity index (χ4n) is 3.49. The van der Waals surface area contributed by atoms with Crippen LogP contribution in [0.25, 0.3) is 22.7 Å². The van der Waals surface area contributed by atoms with E-state index in [1.165, 1.54) is 0 Å². The smallest absolute Gasteiger partial charge is 0.229 e. The van der Waals surface area contributed by atoms with Gasteiger partial charge >= 0.3 is 0 Å². The molecule has 4 heterocycles. The molecular weight excluding hydrogens is 430 g/mol. The fourth-order valence-corrected chi connectivity index (χ4v) is 4.30. The van der Waals surface area contributed by atoms with E-state index in [0.717, 1.165) is 25.1 Å². The van der Waals surface area contributed by atoms with Gasteiger partial charge < -0.3 is 14.8 Å². The first kappa shape index (κ1) is 21.6. The van der Waals surface area contributed by atoms with Gasteiger partial charge in [-0.2, -0.15) is 4.98 Å². The van der Waals surface area contributed by atoms with Gasteiger partial charge in [-0.3, -0.25) is 9.52 Å². The maximum atomic E-state index is 12.8. The van der Waals surface area contributed by atoms with E-state index in [1.54, 1.807) is 53.7 Å². The Morgan fingerprint density at radius 1 is 1.03 bits per heavy atom. The van der Waals surface area contributed by atoms with Crippen molar-refractivity contribution in [3.63, 3.8) is 0 Å². The van der Waals surface area contributed by atoms with Crippen molar-refractivity contribution in [2.75, 3.05) is 16.2 Å². The average molecular weight is 452 g/mol. The number of amides is 1. The molecule has 0 radical (unpaired) electrons. The van der Waals surface area contributed by atoms with E-state index in [1.807, 2.05) is 12.1 Å². The molecule has 9 nitrogen and oxygen atoms in total. The van der Waals surface area contributed by atoms with Crippen molar-refractivity contribution in [3.8, 4) is 11.5 Å². The van der Waals surface area contributed by atoms with Gasteiger partial charge in [-0.1, -0.05) is 0 Å². The normalized spacial score (nSPS) is 14.8. The molecule has 0 aliphatic carbocycles. The highest BCUT2D eigenvalue weighted by atomic mass is 32.2. The zero-order chi connectivity index (χ0) is 21.2. The molecule has 0 spiro atoms. The van der Waals surface area contributed by atoms with E-state index in [2.05, 4.69) is 19.7 Å². The standard InChI is InChI=1S/C22H19N5O3S.H2O/c28-20-5-1-2-13-27(20)16-6-8-17(9-7-16)31(29)26-19-14-15(10-12-23-19)22-25-21-18(30-22)4-3-11-24-21;/h3-4,6-12,14H,1-2,5,13H2,(H,23,26);1H2. The summed E-state index contributed by atoms with van der Waals surface area (Å²) in [4.78, 5) is 27.3. The Kier molecular flexibility index (Phi) is 6.24. The summed E-state index contributed by atoms with van der Waals surface area (Å²) in [5.74, 6) is 0.982. The van der Waals surface area contributed by atoms with Crippen LogP contribution in [-0.2, 0) is 15.8 Å².